The summed E-state index contributed by atoms with van der Waals surface area (Å²) in [5, 5.41) is 0.345. The number of carbonyl (C=O) groups excluding carboxylic acids is 2. The fourth-order valence-electron chi connectivity index (χ4n) is 2.48. The maximum absolute atomic E-state index is 12.6. The molecule has 0 saturated heterocycles. The van der Waals surface area contributed by atoms with E-state index in [9.17, 15) is 9.59 Å². The van der Waals surface area contributed by atoms with Crippen LogP contribution < -0.4 is 0 Å². The van der Waals surface area contributed by atoms with Gasteiger partial charge in [-0.15, -0.1) is 0 Å². The average Bonchev–Trinajstić information content (AvgIpc) is 2.98. The van der Waals surface area contributed by atoms with Gasteiger partial charge in [0.1, 0.15) is 6.54 Å². The van der Waals surface area contributed by atoms with E-state index in [-0.39, 0.29) is 18.5 Å². The van der Waals surface area contributed by atoms with Crippen molar-refractivity contribution in [3.63, 3.8) is 0 Å². The first-order valence-corrected chi connectivity index (χ1v) is 6.98. The maximum atomic E-state index is 12.6. The number of methoxy groups -OCH3 is 1. The van der Waals surface area contributed by atoms with E-state index in [1.54, 1.807) is 11.0 Å². The lowest BCUT2D eigenvalue weighted by Gasteiger charge is -2.28. The second-order valence-corrected chi connectivity index (χ2v) is 5.21. The molecule has 1 aromatic heterocycles. The summed E-state index contributed by atoms with van der Waals surface area (Å²) in [5.41, 5.74) is 0.324. The smallest absolute Gasteiger partial charge is 0.325 e. The first kappa shape index (κ1) is 14.8. The first-order valence-electron chi connectivity index (χ1n) is 6.60. The number of esters is 1. The lowest BCUT2D eigenvalue weighted by molar-refractivity contribution is -0.141. The van der Waals surface area contributed by atoms with Gasteiger partial charge in [0.2, 0.25) is 0 Å². The van der Waals surface area contributed by atoms with E-state index in [2.05, 4.69) is 9.72 Å². The molecule has 0 spiro atoms. The van der Waals surface area contributed by atoms with E-state index in [0.717, 1.165) is 25.7 Å². The van der Waals surface area contributed by atoms with E-state index in [4.69, 9.17) is 11.6 Å². The van der Waals surface area contributed by atoms with E-state index in [0.29, 0.717) is 10.6 Å². The Bertz CT molecular complexity index is 501. The summed E-state index contributed by atoms with van der Waals surface area (Å²) < 4.78 is 4.68. The number of hydrogen-bond acceptors (Lipinski definition) is 4. The number of nitrogens with zero attached hydrogens (tertiary/aromatic N) is 2. The zero-order chi connectivity index (χ0) is 14.5. The molecule has 108 valence electrons. The van der Waals surface area contributed by atoms with E-state index in [1.165, 1.54) is 19.5 Å². The van der Waals surface area contributed by atoms with Gasteiger partial charge in [-0.1, -0.05) is 24.4 Å². The molecule has 1 amide bonds. The minimum atomic E-state index is -0.426. The average molecular weight is 297 g/mol. The Labute approximate surface area is 122 Å². The van der Waals surface area contributed by atoms with Crippen LogP contribution in [0.3, 0.4) is 0 Å². The highest BCUT2D eigenvalue weighted by Crippen LogP contribution is 2.26. The van der Waals surface area contributed by atoms with Crippen LogP contribution in [-0.4, -0.2) is 41.5 Å². The van der Waals surface area contributed by atoms with Gasteiger partial charge < -0.3 is 9.64 Å². The number of halogens is 1. The van der Waals surface area contributed by atoms with Crippen LogP contribution in [-0.2, 0) is 9.53 Å². The molecule has 1 aliphatic carbocycles. The molecule has 5 nitrogen and oxygen atoms in total. The highest BCUT2D eigenvalue weighted by atomic mass is 35.5. The fraction of sp³-hybridized carbons (Fsp3) is 0.500. The molecular weight excluding hydrogens is 280 g/mol. The summed E-state index contributed by atoms with van der Waals surface area (Å²) in [6.07, 6.45) is 6.90. The summed E-state index contributed by atoms with van der Waals surface area (Å²) in [6.45, 7) is -0.0504. The number of aromatic nitrogens is 1. The van der Waals surface area contributed by atoms with Crippen LogP contribution in [0.2, 0.25) is 5.02 Å². The van der Waals surface area contributed by atoms with Crippen molar-refractivity contribution in [3.8, 4) is 0 Å². The predicted octanol–water partition coefficient (Wildman–Crippen LogP) is 2.29. The van der Waals surface area contributed by atoms with Crippen LogP contribution in [0.15, 0.2) is 18.5 Å². The van der Waals surface area contributed by atoms with Crippen LogP contribution in [0.4, 0.5) is 0 Å². The van der Waals surface area contributed by atoms with Gasteiger partial charge in [-0.2, -0.15) is 0 Å². The van der Waals surface area contributed by atoms with E-state index < -0.39 is 5.97 Å². The summed E-state index contributed by atoms with van der Waals surface area (Å²) >= 11 is 6.04. The fourth-order valence-corrected chi connectivity index (χ4v) is 2.66. The van der Waals surface area contributed by atoms with Crippen molar-refractivity contribution >= 4 is 23.5 Å². The summed E-state index contributed by atoms with van der Waals surface area (Å²) in [5.74, 6) is -0.689. The first-order chi connectivity index (χ1) is 9.63. The lowest BCUT2D eigenvalue weighted by atomic mass is 10.1. The molecule has 1 saturated carbocycles. The number of rotatable bonds is 4. The van der Waals surface area contributed by atoms with Crippen LogP contribution in [0.5, 0.6) is 0 Å². The highest BCUT2D eigenvalue weighted by molar-refractivity contribution is 6.33. The Morgan fingerprint density at radius 2 is 2.15 bits per heavy atom. The number of carbonyl (C=O) groups is 2. The van der Waals surface area contributed by atoms with Crippen molar-refractivity contribution in [2.45, 2.75) is 31.7 Å². The SMILES string of the molecule is COC(=O)CN(C(=O)c1cnccc1Cl)C1CCCC1. The van der Waals surface area contributed by atoms with Gasteiger partial charge in [0, 0.05) is 18.4 Å². The summed E-state index contributed by atoms with van der Waals surface area (Å²) in [7, 11) is 1.32. The van der Waals surface area contributed by atoms with Gasteiger partial charge in [0.15, 0.2) is 0 Å². The second kappa shape index (κ2) is 6.70. The van der Waals surface area contributed by atoms with Gasteiger partial charge in [0.25, 0.3) is 5.91 Å². The molecule has 0 N–H and O–H groups in total. The zero-order valence-corrected chi connectivity index (χ0v) is 12.1. The van der Waals surface area contributed by atoms with Crippen molar-refractivity contribution in [1.82, 2.24) is 9.88 Å². The van der Waals surface area contributed by atoms with Crippen LogP contribution >= 0.6 is 11.6 Å². The van der Waals surface area contributed by atoms with Gasteiger partial charge in [-0.05, 0) is 18.9 Å². The molecule has 0 aromatic carbocycles. The van der Waals surface area contributed by atoms with Crippen molar-refractivity contribution in [2.24, 2.45) is 0 Å². The Morgan fingerprint density at radius 3 is 2.75 bits per heavy atom. The standard InChI is InChI=1S/C14H17ClN2O3/c1-20-13(18)9-17(10-4-2-3-5-10)14(19)11-8-16-7-6-12(11)15/h6-8,10H,2-5,9H2,1H3. The van der Waals surface area contributed by atoms with Gasteiger partial charge in [-0.3, -0.25) is 14.6 Å². The Hall–Kier alpha value is -1.62. The summed E-state index contributed by atoms with van der Waals surface area (Å²) in [4.78, 5) is 29.6. The Kier molecular flexibility index (Phi) is 4.95. The highest BCUT2D eigenvalue weighted by Gasteiger charge is 2.30. The Morgan fingerprint density at radius 1 is 1.45 bits per heavy atom. The third-order valence-corrected chi connectivity index (χ3v) is 3.88. The van der Waals surface area contributed by atoms with Crippen molar-refractivity contribution < 1.29 is 14.3 Å². The third-order valence-electron chi connectivity index (χ3n) is 3.55. The minimum Gasteiger partial charge on any atom is -0.468 e. The molecule has 0 bridgehead atoms. The molecule has 6 heteroatoms. The molecule has 0 unspecified atom stereocenters. The topological polar surface area (TPSA) is 59.5 Å². The molecule has 20 heavy (non-hydrogen) atoms. The minimum absolute atomic E-state index is 0.0504. The normalized spacial score (nSPS) is 15.1. The number of pyridine rings is 1. The van der Waals surface area contributed by atoms with Gasteiger partial charge >= 0.3 is 5.97 Å². The lowest BCUT2D eigenvalue weighted by Crippen LogP contribution is -2.42. The molecule has 0 radical (unpaired) electrons. The third kappa shape index (κ3) is 3.28. The molecule has 1 heterocycles. The van der Waals surface area contributed by atoms with Crippen LogP contribution in [0, 0.1) is 0 Å². The van der Waals surface area contributed by atoms with Crippen LogP contribution in [0.1, 0.15) is 36.0 Å². The second-order valence-electron chi connectivity index (χ2n) is 4.80. The van der Waals surface area contributed by atoms with Gasteiger partial charge in [-0.25, -0.2) is 0 Å². The van der Waals surface area contributed by atoms with Crippen molar-refractivity contribution in [3.05, 3.63) is 29.0 Å². The zero-order valence-electron chi connectivity index (χ0n) is 11.3. The summed E-state index contributed by atoms with van der Waals surface area (Å²) in [6, 6.07) is 1.64. The van der Waals surface area contributed by atoms with E-state index in [1.807, 2.05) is 0 Å². The molecular formula is C14H17ClN2O3. The number of hydrogen-bond donors (Lipinski definition) is 0. The maximum Gasteiger partial charge on any atom is 0.325 e. The molecule has 0 aliphatic heterocycles. The Balaban J connectivity index is 2.23. The molecule has 1 fully saturated rings. The van der Waals surface area contributed by atoms with E-state index >= 15 is 0 Å². The number of amides is 1. The largest absolute Gasteiger partial charge is 0.468 e. The molecule has 1 aromatic rings. The van der Waals surface area contributed by atoms with Gasteiger partial charge in [0.05, 0.1) is 17.7 Å². The molecule has 2 rings (SSSR count). The quantitative estimate of drug-likeness (QED) is 0.800. The van der Waals surface area contributed by atoms with Crippen LogP contribution in [0.25, 0.3) is 0 Å². The van der Waals surface area contributed by atoms with Crippen molar-refractivity contribution in [1.29, 1.82) is 0 Å². The molecule has 0 atom stereocenters. The molecule has 1 aliphatic rings. The predicted molar refractivity (Wildman–Crippen MR) is 74.6 cm³/mol. The number of ether oxygens (including phenoxy) is 1. The van der Waals surface area contributed by atoms with Crippen molar-refractivity contribution in [2.75, 3.05) is 13.7 Å². The monoisotopic (exact) mass is 296 g/mol.